The summed E-state index contributed by atoms with van der Waals surface area (Å²) in [4.78, 5) is 15.8. The highest BCUT2D eigenvalue weighted by Crippen LogP contribution is 2.24. The van der Waals surface area contributed by atoms with Crippen molar-refractivity contribution in [3.05, 3.63) is 70.0 Å². The largest absolute Gasteiger partial charge is 0.497 e. The molecule has 1 saturated heterocycles. The van der Waals surface area contributed by atoms with Gasteiger partial charge in [0, 0.05) is 30.8 Å². The second kappa shape index (κ2) is 9.44. The van der Waals surface area contributed by atoms with Gasteiger partial charge in [0.05, 0.1) is 18.1 Å². The number of H-pyrrole nitrogens is 1. The summed E-state index contributed by atoms with van der Waals surface area (Å²) >= 11 is 0. The van der Waals surface area contributed by atoms with Gasteiger partial charge >= 0.3 is 0 Å². The maximum Gasteiger partial charge on any atom is 0.252 e. The van der Waals surface area contributed by atoms with Gasteiger partial charge in [-0.05, 0) is 72.7 Å². The number of hydrogen-bond donors (Lipinski definition) is 1. The summed E-state index contributed by atoms with van der Waals surface area (Å²) in [6.45, 7) is 2.85. The van der Waals surface area contributed by atoms with Gasteiger partial charge in [0.15, 0.2) is 0 Å². The quantitative estimate of drug-likeness (QED) is 0.561. The van der Waals surface area contributed by atoms with E-state index in [9.17, 15) is 13.2 Å². The number of ether oxygens (including phenoxy) is 2. The molecule has 0 spiro atoms. The van der Waals surface area contributed by atoms with Crippen LogP contribution in [0.4, 0.5) is 0 Å². The molecular formula is C24H28N2O5S. The predicted molar refractivity (Wildman–Crippen MR) is 124 cm³/mol. The first-order valence-electron chi connectivity index (χ1n) is 10.8. The van der Waals surface area contributed by atoms with Gasteiger partial charge in [0.1, 0.15) is 5.75 Å². The van der Waals surface area contributed by atoms with Crippen molar-refractivity contribution in [3.8, 4) is 5.75 Å². The highest BCUT2D eigenvalue weighted by Gasteiger charge is 2.30. The number of nitrogens with one attached hydrogen (secondary N) is 1. The summed E-state index contributed by atoms with van der Waals surface area (Å²) in [6.07, 6.45) is 2.38. The third-order valence-corrected chi connectivity index (χ3v) is 7.69. The molecule has 7 nitrogen and oxygen atoms in total. The number of hydrogen-bond acceptors (Lipinski definition) is 5. The number of aryl methyl sites for hydroxylation is 1. The summed E-state index contributed by atoms with van der Waals surface area (Å²) in [7, 11) is -2.32. The number of aromatic nitrogens is 1. The molecular weight excluding hydrogens is 428 g/mol. The van der Waals surface area contributed by atoms with E-state index in [0.29, 0.717) is 17.9 Å². The first-order chi connectivity index (χ1) is 15.4. The normalized spacial score (nSPS) is 16.7. The predicted octanol–water partition coefficient (Wildman–Crippen LogP) is 3.47. The molecule has 0 amide bonds. The fourth-order valence-corrected chi connectivity index (χ4v) is 5.44. The molecule has 170 valence electrons. The minimum absolute atomic E-state index is 0.0319. The topological polar surface area (TPSA) is 88.7 Å². The molecule has 0 radical (unpaired) electrons. The molecule has 2 aromatic carbocycles. The van der Waals surface area contributed by atoms with Crippen molar-refractivity contribution in [1.82, 2.24) is 9.29 Å². The van der Waals surface area contributed by atoms with E-state index in [1.807, 2.05) is 18.2 Å². The number of aromatic amines is 1. The Balaban J connectivity index is 1.71. The van der Waals surface area contributed by atoms with E-state index >= 15 is 0 Å². The van der Waals surface area contributed by atoms with Crippen LogP contribution in [0.2, 0.25) is 0 Å². The second-order valence-electron chi connectivity index (χ2n) is 8.01. The number of nitrogens with zero attached hydrogens (tertiary/aromatic N) is 1. The van der Waals surface area contributed by atoms with Crippen LogP contribution in [-0.4, -0.2) is 44.1 Å². The molecule has 1 unspecified atom stereocenters. The summed E-state index contributed by atoms with van der Waals surface area (Å²) in [5, 5.41) is 0.887. The zero-order valence-corrected chi connectivity index (χ0v) is 19.2. The number of rotatable bonds is 8. The van der Waals surface area contributed by atoms with Crippen LogP contribution in [0.15, 0.2) is 58.2 Å². The van der Waals surface area contributed by atoms with Crippen molar-refractivity contribution in [3.63, 3.8) is 0 Å². The lowest BCUT2D eigenvalue weighted by Gasteiger charge is -2.25. The molecule has 8 heteroatoms. The minimum atomic E-state index is -3.85. The van der Waals surface area contributed by atoms with Crippen molar-refractivity contribution in [1.29, 1.82) is 0 Å². The van der Waals surface area contributed by atoms with Crippen molar-refractivity contribution in [2.45, 2.75) is 43.7 Å². The van der Waals surface area contributed by atoms with Crippen LogP contribution in [0.25, 0.3) is 10.9 Å². The minimum Gasteiger partial charge on any atom is -0.497 e. The second-order valence-corrected chi connectivity index (χ2v) is 9.94. The van der Waals surface area contributed by atoms with Crippen LogP contribution in [0.3, 0.4) is 0 Å². The Kier molecular flexibility index (Phi) is 6.64. The molecule has 1 aliphatic rings. The van der Waals surface area contributed by atoms with E-state index in [-0.39, 0.29) is 29.6 Å². The maximum atomic E-state index is 13.5. The van der Waals surface area contributed by atoms with Gasteiger partial charge in [-0.3, -0.25) is 4.79 Å². The van der Waals surface area contributed by atoms with Crippen LogP contribution in [0.5, 0.6) is 5.75 Å². The SMILES string of the molecule is CCc1ccc2[nH]c(=O)c(CN(CC3CCCO3)S(=O)(=O)c3ccc(OC)cc3)cc2c1. The monoisotopic (exact) mass is 456 g/mol. The van der Waals surface area contributed by atoms with Crippen molar-refractivity contribution in [2.75, 3.05) is 20.3 Å². The van der Waals surface area contributed by atoms with Crippen LogP contribution < -0.4 is 10.3 Å². The number of pyridine rings is 1. The standard InChI is InChI=1S/C24H28N2O5S/c1-3-17-6-11-23-18(13-17)14-19(24(27)25-23)15-26(16-21-5-4-12-31-21)32(28,29)22-9-7-20(30-2)8-10-22/h6-11,13-14,21H,3-5,12,15-16H2,1-2H3,(H,25,27). The maximum absolute atomic E-state index is 13.5. The molecule has 1 aliphatic heterocycles. The van der Waals surface area contributed by atoms with Crippen LogP contribution in [0, 0.1) is 0 Å². The van der Waals surface area contributed by atoms with Gasteiger partial charge in [-0.25, -0.2) is 8.42 Å². The van der Waals surface area contributed by atoms with E-state index in [2.05, 4.69) is 11.9 Å². The molecule has 1 atom stereocenters. The van der Waals surface area contributed by atoms with E-state index < -0.39 is 10.0 Å². The van der Waals surface area contributed by atoms with Gasteiger partial charge < -0.3 is 14.5 Å². The molecule has 0 saturated carbocycles. The highest BCUT2D eigenvalue weighted by atomic mass is 32.2. The summed E-state index contributed by atoms with van der Waals surface area (Å²) in [5.41, 5.74) is 2.00. The van der Waals surface area contributed by atoms with E-state index in [0.717, 1.165) is 35.7 Å². The van der Waals surface area contributed by atoms with Gasteiger partial charge in [-0.15, -0.1) is 0 Å². The zero-order chi connectivity index (χ0) is 22.7. The molecule has 32 heavy (non-hydrogen) atoms. The highest BCUT2D eigenvalue weighted by molar-refractivity contribution is 7.89. The number of fused-ring (bicyclic) bond motifs is 1. The lowest BCUT2D eigenvalue weighted by atomic mass is 10.1. The molecule has 3 aromatic rings. The summed E-state index contributed by atoms with van der Waals surface area (Å²) in [5.74, 6) is 0.576. The average Bonchev–Trinajstić information content (AvgIpc) is 3.32. The fraction of sp³-hybridized carbons (Fsp3) is 0.375. The number of sulfonamides is 1. The van der Waals surface area contributed by atoms with Crippen LogP contribution in [0.1, 0.15) is 30.9 Å². The Morgan fingerprint density at radius 2 is 1.94 bits per heavy atom. The van der Waals surface area contributed by atoms with Crippen molar-refractivity contribution < 1.29 is 17.9 Å². The van der Waals surface area contributed by atoms with Gasteiger partial charge in [-0.2, -0.15) is 4.31 Å². The van der Waals surface area contributed by atoms with Crippen LogP contribution >= 0.6 is 0 Å². The number of benzene rings is 2. The lowest BCUT2D eigenvalue weighted by Crippen LogP contribution is -2.38. The molecule has 1 aromatic heterocycles. The first kappa shape index (κ1) is 22.5. The van der Waals surface area contributed by atoms with Gasteiger partial charge in [0.25, 0.3) is 5.56 Å². The van der Waals surface area contributed by atoms with E-state index in [1.165, 1.54) is 23.5 Å². The van der Waals surface area contributed by atoms with Gasteiger partial charge in [0.2, 0.25) is 10.0 Å². The molecule has 2 heterocycles. The molecule has 4 rings (SSSR count). The third-order valence-electron chi connectivity index (χ3n) is 5.87. The van der Waals surface area contributed by atoms with Crippen LogP contribution in [-0.2, 0) is 27.7 Å². The Morgan fingerprint density at radius 1 is 1.16 bits per heavy atom. The van der Waals surface area contributed by atoms with E-state index in [1.54, 1.807) is 18.2 Å². The van der Waals surface area contributed by atoms with Crippen molar-refractivity contribution in [2.24, 2.45) is 0 Å². The molecule has 0 aliphatic carbocycles. The number of methoxy groups -OCH3 is 1. The Morgan fingerprint density at radius 3 is 2.59 bits per heavy atom. The Bertz CT molecular complexity index is 1250. The van der Waals surface area contributed by atoms with E-state index in [4.69, 9.17) is 9.47 Å². The molecule has 1 N–H and O–H groups in total. The van der Waals surface area contributed by atoms with Crippen molar-refractivity contribution >= 4 is 20.9 Å². The third kappa shape index (κ3) is 4.72. The average molecular weight is 457 g/mol. The summed E-state index contributed by atoms with van der Waals surface area (Å²) < 4.78 is 39.2. The zero-order valence-electron chi connectivity index (χ0n) is 18.3. The Labute approximate surface area is 188 Å². The summed E-state index contributed by atoms with van der Waals surface area (Å²) in [6, 6.07) is 14.0. The smallest absolute Gasteiger partial charge is 0.252 e. The lowest BCUT2D eigenvalue weighted by molar-refractivity contribution is 0.0925. The first-order valence-corrected chi connectivity index (χ1v) is 12.3. The van der Waals surface area contributed by atoms with Gasteiger partial charge in [-0.1, -0.05) is 13.0 Å². The molecule has 1 fully saturated rings. The Hall–Kier alpha value is -2.68. The molecule has 0 bridgehead atoms. The fourth-order valence-electron chi connectivity index (χ4n) is 3.99.